The number of benzene rings is 5. The van der Waals surface area contributed by atoms with Crippen molar-refractivity contribution in [1.29, 1.82) is 0 Å². The molecule has 4 N–H and O–H groups in total. The number of hydrogen-bond acceptors (Lipinski definition) is 8. The molecular formula is C40H30N3NaO8S2. The van der Waals surface area contributed by atoms with E-state index in [0.29, 0.717) is 17.1 Å². The number of nitrogens with one attached hydrogen (secondary N) is 1. The van der Waals surface area contributed by atoms with Crippen molar-refractivity contribution < 1.29 is 65.7 Å². The van der Waals surface area contributed by atoms with Gasteiger partial charge in [0.25, 0.3) is 20.2 Å². The first-order valence-corrected chi connectivity index (χ1v) is 18.9. The fourth-order valence-corrected chi connectivity index (χ4v) is 7.54. The van der Waals surface area contributed by atoms with Crippen molar-refractivity contribution in [2.24, 2.45) is 12.0 Å². The van der Waals surface area contributed by atoms with E-state index in [2.05, 4.69) is 39.1 Å². The van der Waals surface area contributed by atoms with Gasteiger partial charge in [-0.25, -0.2) is 4.99 Å². The van der Waals surface area contributed by atoms with Crippen LogP contribution in [0.25, 0.3) is 27.7 Å². The molecule has 0 saturated heterocycles. The molecular weight excluding hydrogens is 738 g/mol. The summed E-state index contributed by atoms with van der Waals surface area (Å²) in [6.45, 7) is 0. The number of aliphatic imine (C=N–C) groups is 1. The van der Waals surface area contributed by atoms with Gasteiger partial charge in [-0.3, -0.25) is 9.11 Å². The summed E-state index contributed by atoms with van der Waals surface area (Å²) >= 11 is 0. The van der Waals surface area contributed by atoms with Crippen molar-refractivity contribution >= 4 is 59.5 Å². The van der Waals surface area contributed by atoms with E-state index >= 15 is 0 Å². The van der Waals surface area contributed by atoms with Gasteiger partial charge in [0, 0.05) is 34.9 Å². The smallest absolute Gasteiger partial charge is 0.872 e. The molecule has 54 heavy (non-hydrogen) atoms. The number of nitrogens with zero attached hydrogens (tertiary/aromatic N) is 2. The topological polar surface area (TPSA) is 181 Å². The standard InChI is InChI=1S/C40H31N3O8S2.Na/c1-43-33-10-6-5-9-32(33)39(40(43)27-7-3-2-4-8-27)38(25-11-15-28(16-12-25)41-30-19-21-34(44)36(23-30)52(46,47)48)26-13-17-29(18-14-26)42-31-20-22-35(45)37(24-31)53(49,50)51;/h2-24,41,44-45H,1H3,(H,46,47,48)(H,49,50,51);/q;+1/p-1. The van der Waals surface area contributed by atoms with E-state index in [0.717, 1.165) is 68.7 Å². The normalized spacial score (nSPS) is 12.8. The predicted molar refractivity (Wildman–Crippen MR) is 203 cm³/mol. The van der Waals surface area contributed by atoms with Gasteiger partial charge in [-0.05, 0) is 83.0 Å². The Morgan fingerprint density at radius 1 is 0.722 bits per heavy atom. The number of rotatable bonds is 8. The third-order valence-electron chi connectivity index (χ3n) is 8.72. The SMILES string of the molecule is Cn1c(-c2ccccc2)c(C(=C2C=CC(=Nc3ccc(O)c(S(=O)(=O)O)c3)C=C2)c2ccc(Nc3ccc([O-])c(S(=O)(=O)O)c3)cc2)c2ccccc21.[Na+]. The van der Waals surface area contributed by atoms with Crippen LogP contribution in [-0.4, -0.2) is 41.3 Å². The summed E-state index contributed by atoms with van der Waals surface area (Å²) in [7, 11) is -7.36. The third-order valence-corrected chi connectivity index (χ3v) is 10.5. The van der Waals surface area contributed by atoms with Crippen LogP contribution in [0.3, 0.4) is 0 Å². The van der Waals surface area contributed by atoms with Gasteiger partial charge in [0.2, 0.25) is 0 Å². The molecule has 266 valence electrons. The van der Waals surface area contributed by atoms with Gasteiger partial charge >= 0.3 is 29.6 Å². The molecule has 0 saturated carbocycles. The molecule has 0 radical (unpaired) electrons. The average Bonchev–Trinajstić information content (AvgIpc) is 3.42. The van der Waals surface area contributed by atoms with Crippen molar-refractivity contribution in [2.75, 3.05) is 5.32 Å². The number of aromatic hydroxyl groups is 1. The molecule has 1 heterocycles. The van der Waals surface area contributed by atoms with Gasteiger partial charge in [-0.15, -0.1) is 0 Å². The molecule has 11 nitrogen and oxygen atoms in total. The first kappa shape index (κ1) is 38.5. The number of hydrogen-bond donors (Lipinski definition) is 4. The number of fused-ring (bicyclic) bond motifs is 1. The van der Waals surface area contributed by atoms with Crippen molar-refractivity contribution in [3.05, 3.63) is 156 Å². The van der Waals surface area contributed by atoms with E-state index < -0.39 is 41.5 Å². The Kier molecular flexibility index (Phi) is 10.9. The summed E-state index contributed by atoms with van der Waals surface area (Å²) < 4.78 is 68.1. The Bertz CT molecular complexity index is 2760. The predicted octanol–water partition coefficient (Wildman–Crippen LogP) is 4.57. The first-order chi connectivity index (χ1) is 25.3. The van der Waals surface area contributed by atoms with Gasteiger partial charge in [-0.2, -0.15) is 16.8 Å². The van der Waals surface area contributed by atoms with Crippen molar-refractivity contribution in [2.45, 2.75) is 9.79 Å². The molecule has 0 spiro atoms. The van der Waals surface area contributed by atoms with Crippen LogP contribution in [0.5, 0.6) is 11.5 Å². The minimum absolute atomic E-state index is 0. The number of para-hydroxylation sites is 1. The molecule has 14 heteroatoms. The fraction of sp³-hybridized carbons (Fsp3) is 0.0250. The summed E-state index contributed by atoms with van der Waals surface area (Å²) in [5, 5.41) is 26.1. The molecule has 6 aromatic rings. The quantitative estimate of drug-likeness (QED) is 0.128. The third kappa shape index (κ3) is 7.84. The van der Waals surface area contributed by atoms with E-state index in [1.54, 1.807) is 12.2 Å². The minimum Gasteiger partial charge on any atom is -0.872 e. The zero-order chi connectivity index (χ0) is 37.5. The molecule has 0 atom stereocenters. The number of phenolic OH excluding ortho intramolecular Hbond substituents is 1. The molecule has 0 bridgehead atoms. The van der Waals surface area contributed by atoms with Crippen molar-refractivity contribution in [3.63, 3.8) is 0 Å². The number of anilines is 2. The van der Waals surface area contributed by atoms with E-state index in [-0.39, 0.29) is 35.2 Å². The molecule has 0 aliphatic heterocycles. The zero-order valence-electron chi connectivity index (χ0n) is 28.9. The monoisotopic (exact) mass is 767 g/mol. The molecule has 7 rings (SSSR count). The molecule has 0 fully saturated rings. The van der Waals surface area contributed by atoms with Crippen molar-refractivity contribution in [1.82, 2.24) is 4.57 Å². The molecule has 1 aromatic heterocycles. The van der Waals surface area contributed by atoms with E-state index in [4.69, 9.17) is 0 Å². The number of aryl methyl sites for hydroxylation is 1. The van der Waals surface area contributed by atoms with Crippen LogP contribution in [0, 0.1) is 0 Å². The van der Waals surface area contributed by atoms with Crippen LogP contribution >= 0.6 is 0 Å². The number of phenols is 1. The second kappa shape index (κ2) is 15.2. The first-order valence-electron chi connectivity index (χ1n) is 16.1. The number of aromatic nitrogens is 1. The summed E-state index contributed by atoms with van der Waals surface area (Å²) in [6.07, 6.45) is 7.38. The van der Waals surface area contributed by atoms with Crippen LogP contribution in [-0.2, 0) is 27.3 Å². The minimum atomic E-state index is -4.71. The Hall–Kier alpha value is -5.25. The Morgan fingerprint density at radius 2 is 1.35 bits per heavy atom. The van der Waals surface area contributed by atoms with Gasteiger partial charge < -0.3 is 20.1 Å². The van der Waals surface area contributed by atoms with Gasteiger partial charge in [0.05, 0.1) is 22.0 Å². The Labute approximate surface area is 333 Å². The Balaban J connectivity index is 0.00000497. The van der Waals surface area contributed by atoms with E-state index in [9.17, 15) is 36.2 Å². The van der Waals surface area contributed by atoms with Crippen LogP contribution < -0.4 is 40.0 Å². The summed E-state index contributed by atoms with van der Waals surface area (Å²) in [5.74, 6) is -1.41. The second-order valence-electron chi connectivity index (χ2n) is 12.2. The zero-order valence-corrected chi connectivity index (χ0v) is 32.5. The maximum atomic E-state index is 12.0. The molecule has 5 aromatic carbocycles. The second-order valence-corrected chi connectivity index (χ2v) is 14.9. The van der Waals surface area contributed by atoms with Gasteiger partial charge in [-0.1, -0.05) is 84.6 Å². The van der Waals surface area contributed by atoms with Gasteiger partial charge in [0.15, 0.2) is 0 Å². The summed E-state index contributed by atoms with van der Waals surface area (Å²) in [5.41, 5.74) is 8.15. The van der Waals surface area contributed by atoms with Crippen LogP contribution in [0.1, 0.15) is 11.1 Å². The molecule has 1 aliphatic carbocycles. The largest absolute Gasteiger partial charge is 1.00 e. The molecule has 1 aliphatic rings. The molecule has 0 unspecified atom stereocenters. The Morgan fingerprint density at radius 3 is 2.02 bits per heavy atom. The van der Waals surface area contributed by atoms with Crippen molar-refractivity contribution in [3.8, 4) is 22.8 Å². The maximum Gasteiger partial charge on any atom is 1.00 e. The van der Waals surface area contributed by atoms with Crippen LogP contribution in [0.4, 0.5) is 17.1 Å². The summed E-state index contributed by atoms with van der Waals surface area (Å²) in [4.78, 5) is 3.15. The van der Waals surface area contributed by atoms with E-state index in [1.165, 1.54) is 12.1 Å². The van der Waals surface area contributed by atoms with Crippen LogP contribution in [0.15, 0.2) is 160 Å². The summed E-state index contributed by atoms with van der Waals surface area (Å²) in [6, 6.07) is 32.9. The molecule has 0 amide bonds. The number of allylic oxidation sites excluding steroid dienone is 5. The maximum absolute atomic E-state index is 12.0. The van der Waals surface area contributed by atoms with Gasteiger partial charge in [0.1, 0.15) is 10.6 Å². The average molecular weight is 768 g/mol. The fourth-order valence-electron chi connectivity index (χ4n) is 6.34. The van der Waals surface area contributed by atoms with E-state index in [1.807, 2.05) is 73.8 Å². The van der Waals surface area contributed by atoms with Crippen LogP contribution in [0.2, 0.25) is 0 Å².